The molecule has 10 heteroatoms. The average molecular weight is 270 g/mol. The van der Waals surface area contributed by atoms with Crippen LogP contribution in [0, 0.1) is 0 Å². The van der Waals surface area contributed by atoms with Gasteiger partial charge in [-0.05, 0) is 0 Å². The van der Waals surface area contributed by atoms with Crippen LogP contribution in [0.4, 0.5) is 0 Å². The Morgan fingerprint density at radius 3 is 1.10 bits per heavy atom. The molecule has 0 aromatic carbocycles. The van der Waals surface area contributed by atoms with Crippen molar-refractivity contribution in [1.29, 1.82) is 0 Å². The molecule has 0 heterocycles. The zero-order chi connectivity index (χ0) is 8.08. The smallest absolute Gasteiger partial charge is 0.303 e. The van der Waals surface area contributed by atoms with Gasteiger partial charge in [-0.25, -0.2) is 4.57 Å². The molecule has 0 atom stereocenters. The van der Waals surface area contributed by atoms with Gasteiger partial charge in [0.2, 0.25) is 0 Å². The molecule has 10 heavy (non-hydrogen) atoms. The number of phosphoric acid groups is 1. The Labute approximate surface area is 76.0 Å². The van der Waals surface area contributed by atoms with E-state index in [1.807, 2.05) is 0 Å². The van der Waals surface area contributed by atoms with Gasteiger partial charge in [-0.15, -0.1) is 9.79 Å². The molecule has 0 amide bonds. The Kier molecular flexibility index (Phi) is 14.0. The van der Waals surface area contributed by atoms with Crippen molar-refractivity contribution in [1.82, 2.24) is 0 Å². The quantitative estimate of drug-likeness (QED) is 0.345. The summed E-state index contributed by atoms with van der Waals surface area (Å²) in [5, 5.41) is 0. The normalized spacial score (nSPS) is 8.50. The van der Waals surface area contributed by atoms with Crippen molar-refractivity contribution in [3.63, 3.8) is 0 Å². The van der Waals surface area contributed by atoms with Crippen LogP contribution in [0.3, 0.4) is 0 Å². The Morgan fingerprint density at radius 2 is 1.10 bits per heavy atom. The van der Waals surface area contributed by atoms with Crippen molar-refractivity contribution in [3.05, 3.63) is 0 Å². The molecule has 0 fully saturated rings. The fourth-order valence-corrected chi connectivity index (χ4v) is 0. The summed E-state index contributed by atoms with van der Waals surface area (Å²) in [5.41, 5.74) is 0. The van der Waals surface area contributed by atoms with Gasteiger partial charge >= 0.3 is 16.1 Å². The van der Waals surface area contributed by atoms with E-state index in [4.69, 9.17) is 33.6 Å². The number of rotatable bonds is 0. The number of hydrogen-bond acceptors (Lipinski definition) is 2. The molecule has 0 saturated carbocycles. The van der Waals surface area contributed by atoms with E-state index in [2.05, 4.69) is 0 Å². The molecule has 0 bridgehead atoms. The van der Waals surface area contributed by atoms with Gasteiger partial charge in [0.15, 0.2) is 0 Å². The Morgan fingerprint density at radius 1 is 1.10 bits per heavy atom. The van der Waals surface area contributed by atoms with Crippen molar-refractivity contribution in [2.24, 2.45) is 0 Å². The molecule has 0 spiro atoms. The van der Waals surface area contributed by atoms with Gasteiger partial charge in [0, 0.05) is 30.8 Å². The first-order valence-corrected chi connectivity index (χ1v) is 4.10. The molecular weight excluding hydrogens is 265 g/mol. The molecule has 7 nitrogen and oxygen atoms in total. The zero-order valence-corrected chi connectivity index (χ0v) is 8.69. The summed E-state index contributed by atoms with van der Waals surface area (Å²) in [6.07, 6.45) is 0. The molecule has 0 aliphatic carbocycles. The van der Waals surface area contributed by atoms with E-state index < -0.39 is 16.1 Å². The average Bonchev–Trinajstić information content (AvgIpc) is 1.19. The summed E-state index contributed by atoms with van der Waals surface area (Å²) in [4.78, 5) is 35.8. The van der Waals surface area contributed by atoms with E-state index in [1.165, 1.54) is 0 Å². The number of hydrogen-bond donors (Lipinski definition) is 5. The maximum Gasteiger partial charge on any atom is 0.692 e. The van der Waals surface area contributed by atoms with E-state index in [1.54, 1.807) is 0 Å². The largest absolute Gasteiger partial charge is 0.692 e. The van der Waals surface area contributed by atoms with Crippen LogP contribution >= 0.6 is 16.1 Å². The topological polar surface area (TPSA) is 135 Å². The van der Waals surface area contributed by atoms with Crippen LogP contribution in [0.15, 0.2) is 0 Å². The Balaban J connectivity index is -0.0000000910. The molecule has 0 unspecified atom stereocenters. The summed E-state index contributed by atoms with van der Waals surface area (Å²) in [6.45, 7) is 0. The van der Waals surface area contributed by atoms with Crippen LogP contribution in [0.25, 0.3) is 0 Å². The van der Waals surface area contributed by atoms with Crippen molar-refractivity contribution in [2.75, 3.05) is 0 Å². The van der Waals surface area contributed by atoms with Crippen molar-refractivity contribution in [3.8, 4) is 0 Å². The van der Waals surface area contributed by atoms with E-state index in [-0.39, 0.29) is 26.2 Å². The van der Waals surface area contributed by atoms with Crippen LogP contribution in [0.2, 0.25) is 0 Å². The zero-order valence-electron chi connectivity index (χ0n) is 4.45. The van der Waals surface area contributed by atoms with Crippen molar-refractivity contribution >= 4 is 16.1 Å². The molecule has 5 N–H and O–H groups in total. The van der Waals surface area contributed by atoms with Gasteiger partial charge in [-0.1, -0.05) is 0 Å². The fraction of sp³-hybridized carbons (Fsp3) is 0. The molecule has 0 rings (SSSR count). The van der Waals surface area contributed by atoms with E-state index in [9.17, 15) is 0 Å². The second-order valence-corrected chi connectivity index (χ2v) is 2.30. The first-order valence-electron chi connectivity index (χ1n) is 1.37. The summed E-state index contributed by atoms with van der Waals surface area (Å²) in [5.74, 6) is 0. The Hall–Kier alpha value is 1.01. The molecule has 0 saturated heterocycles. The van der Waals surface area contributed by atoms with E-state index in [0.29, 0.717) is 0 Å². The van der Waals surface area contributed by atoms with Gasteiger partial charge in [0.1, 0.15) is 0 Å². The molecule has 0 aromatic rings. The molecule has 60 valence electrons. The molecule has 0 aliphatic rings. The minimum Gasteiger partial charge on any atom is -0.303 e. The monoisotopic (exact) mass is 269 g/mol. The van der Waals surface area contributed by atoms with Crippen LogP contribution < -0.4 is 0 Å². The van der Waals surface area contributed by atoms with Crippen LogP contribution in [0.5, 0.6) is 0 Å². The third-order valence-corrected chi connectivity index (χ3v) is 0. The van der Waals surface area contributed by atoms with E-state index >= 15 is 0 Å². The van der Waals surface area contributed by atoms with E-state index in [0.717, 1.165) is 0 Å². The first-order chi connectivity index (χ1) is 3.73. The molecule has 0 aromatic heterocycles. The van der Waals surface area contributed by atoms with Crippen LogP contribution in [-0.2, 0) is 35.3 Å². The first kappa shape index (κ1) is 17.2. The second-order valence-electron chi connectivity index (χ2n) is 0.766. The van der Waals surface area contributed by atoms with Gasteiger partial charge in [0.05, 0.1) is 0 Å². The fourth-order valence-electron chi connectivity index (χ4n) is 0. The maximum atomic E-state index is 8.88. The third-order valence-electron chi connectivity index (χ3n) is 0. The van der Waals surface area contributed by atoms with Gasteiger partial charge in [-0.3, -0.25) is 0 Å². The Bertz CT molecular complexity index is 111. The SMILES string of the molecule is O=P(O)(O)O.O=[P+](O)O.[Zr]. The standard InChI is InChI=1S/H3O4P.HO3P.Zr/c1-5(2,3)4;1-4(2)3;/h(H3,1,2,3,4);(H-,1,2,3);/p+1. The van der Waals surface area contributed by atoms with Crippen LogP contribution in [-0.4, -0.2) is 24.5 Å². The molecule has 0 radical (unpaired) electrons. The van der Waals surface area contributed by atoms with Crippen molar-refractivity contribution < 1.29 is 59.8 Å². The van der Waals surface area contributed by atoms with Crippen LogP contribution in [0.1, 0.15) is 0 Å². The summed E-state index contributed by atoms with van der Waals surface area (Å²) >= 11 is 0. The predicted molar refractivity (Wildman–Crippen MR) is 26.3 cm³/mol. The van der Waals surface area contributed by atoms with Crippen molar-refractivity contribution in [2.45, 2.75) is 0 Å². The van der Waals surface area contributed by atoms with Gasteiger partial charge in [0.25, 0.3) is 0 Å². The maximum absolute atomic E-state index is 8.88. The minimum atomic E-state index is -4.64. The summed E-state index contributed by atoms with van der Waals surface area (Å²) < 4.78 is 17.6. The summed E-state index contributed by atoms with van der Waals surface area (Å²) in [7, 11) is -7.51. The predicted octanol–water partition coefficient (Wildman–Crippen LogP) is -1.30. The van der Waals surface area contributed by atoms with Gasteiger partial charge in [-0.2, -0.15) is 0 Å². The summed E-state index contributed by atoms with van der Waals surface area (Å²) in [6, 6.07) is 0. The molecular formula is H5O7P2Zr+. The second kappa shape index (κ2) is 8.11. The molecule has 0 aliphatic heterocycles. The van der Waals surface area contributed by atoms with Gasteiger partial charge < -0.3 is 14.7 Å². The third kappa shape index (κ3) is 564. The minimum absolute atomic E-state index is 0.